The Bertz CT molecular complexity index is 480. The van der Waals surface area contributed by atoms with E-state index in [1.165, 1.54) is 0 Å². The molecule has 2 rings (SSSR count). The van der Waals surface area contributed by atoms with Gasteiger partial charge in [-0.3, -0.25) is 15.0 Å². The zero-order valence-corrected chi connectivity index (χ0v) is 11.5. The van der Waals surface area contributed by atoms with Crippen LogP contribution in [0.5, 0.6) is 0 Å². The van der Waals surface area contributed by atoms with Crippen molar-refractivity contribution < 1.29 is 43.4 Å². The van der Waals surface area contributed by atoms with Crippen LogP contribution in [0.2, 0.25) is 0 Å². The molecule has 3 amide bonds. The largest absolute Gasteiger partial charge is 0.790 e. The highest BCUT2D eigenvalue weighted by atomic mass is 31.2. The first kappa shape index (κ1) is 16.3. The molecular formula is C9H13N2O9P-2. The summed E-state index contributed by atoms with van der Waals surface area (Å²) >= 11 is 0. The molecule has 2 aliphatic heterocycles. The molecule has 4 atom stereocenters. The Hall–Kier alpha value is -1.07. The minimum Gasteiger partial charge on any atom is -0.790 e. The number of hydrogen-bond donors (Lipinski definition) is 3. The van der Waals surface area contributed by atoms with Crippen molar-refractivity contribution in [3.8, 4) is 0 Å². The fourth-order valence-corrected chi connectivity index (χ4v) is 2.44. The maximum absolute atomic E-state index is 11.6. The number of phosphoric acid groups is 1. The van der Waals surface area contributed by atoms with E-state index in [4.69, 9.17) is 4.74 Å². The summed E-state index contributed by atoms with van der Waals surface area (Å²) in [5.74, 6) is -0.484. The monoisotopic (exact) mass is 324 g/mol. The van der Waals surface area contributed by atoms with Crippen LogP contribution in [-0.4, -0.2) is 64.7 Å². The Kier molecular flexibility index (Phi) is 4.63. The van der Waals surface area contributed by atoms with Gasteiger partial charge in [-0.25, -0.2) is 4.79 Å². The number of urea groups is 1. The van der Waals surface area contributed by atoms with E-state index in [-0.39, 0.29) is 13.0 Å². The molecule has 0 spiro atoms. The van der Waals surface area contributed by atoms with E-state index in [0.29, 0.717) is 0 Å². The summed E-state index contributed by atoms with van der Waals surface area (Å²) in [6.07, 6.45) is -5.67. The predicted octanol–water partition coefficient (Wildman–Crippen LogP) is -3.78. The van der Waals surface area contributed by atoms with Gasteiger partial charge in [-0.2, -0.15) is 0 Å². The van der Waals surface area contributed by atoms with E-state index >= 15 is 0 Å². The van der Waals surface area contributed by atoms with E-state index in [1.807, 2.05) is 5.32 Å². The quantitative estimate of drug-likeness (QED) is 0.439. The second-order valence-electron chi connectivity index (χ2n) is 4.59. The van der Waals surface area contributed by atoms with Gasteiger partial charge in [-0.05, 0) is 0 Å². The molecule has 2 fully saturated rings. The summed E-state index contributed by atoms with van der Waals surface area (Å²) in [6, 6.07) is -0.803. The number of ether oxygens (including phenoxy) is 1. The first-order chi connectivity index (χ1) is 9.69. The Morgan fingerprint density at radius 3 is 2.62 bits per heavy atom. The van der Waals surface area contributed by atoms with Crippen molar-refractivity contribution in [2.45, 2.75) is 31.0 Å². The molecular weight excluding hydrogens is 311 g/mol. The average molecular weight is 324 g/mol. The first-order valence-corrected chi connectivity index (χ1v) is 7.44. The molecule has 0 bridgehead atoms. The van der Waals surface area contributed by atoms with Gasteiger partial charge in [0.2, 0.25) is 5.91 Å². The number of hydrogen-bond acceptors (Lipinski definition) is 9. The van der Waals surface area contributed by atoms with Crippen molar-refractivity contribution in [2.75, 3.05) is 13.2 Å². The Morgan fingerprint density at radius 2 is 2.05 bits per heavy atom. The summed E-state index contributed by atoms with van der Waals surface area (Å²) < 4.78 is 19.5. The van der Waals surface area contributed by atoms with Gasteiger partial charge in [0, 0.05) is 13.0 Å². The fraction of sp³-hybridized carbons (Fsp3) is 0.778. The van der Waals surface area contributed by atoms with Crippen LogP contribution in [0, 0.1) is 0 Å². The predicted molar refractivity (Wildman–Crippen MR) is 59.1 cm³/mol. The lowest BCUT2D eigenvalue weighted by Crippen LogP contribution is -2.56. The zero-order valence-electron chi connectivity index (χ0n) is 10.6. The zero-order chi connectivity index (χ0) is 15.8. The fourth-order valence-electron chi connectivity index (χ4n) is 2.11. The maximum atomic E-state index is 11.6. The van der Waals surface area contributed by atoms with Crippen LogP contribution in [0.4, 0.5) is 4.79 Å². The molecule has 0 aromatic carbocycles. The first-order valence-electron chi connectivity index (χ1n) is 5.97. The van der Waals surface area contributed by atoms with Crippen LogP contribution in [-0.2, 0) is 18.6 Å². The number of aliphatic hydroxyl groups excluding tert-OH is 2. The third kappa shape index (κ3) is 3.77. The highest BCUT2D eigenvalue weighted by molar-refractivity contribution is 7.43. The van der Waals surface area contributed by atoms with Gasteiger partial charge in [0.25, 0.3) is 0 Å². The van der Waals surface area contributed by atoms with Crippen LogP contribution in [0.25, 0.3) is 0 Å². The number of carbonyl (C=O) groups excluding carboxylic acids is 2. The molecule has 0 aromatic heterocycles. The van der Waals surface area contributed by atoms with Gasteiger partial charge in [-0.1, -0.05) is 0 Å². The van der Waals surface area contributed by atoms with Crippen LogP contribution in [0.3, 0.4) is 0 Å². The average Bonchev–Trinajstić information content (AvgIpc) is 2.64. The molecule has 0 saturated carbocycles. The van der Waals surface area contributed by atoms with Gasteiger partial charge < -0.3 is 33.8 Å². The number of amides is 3. The third-order valence-electron chi connectivity index (χ3n) is 3.13. The van der Waals surface area contributed by atoms with Gasteiger partial charge in [0.1, 0.15) is 18.3 Å². The lowest BCUT2D eigenvalue weighted by atomic mass is 10.1. The molecule has 0 unspecified atom stereocenters. The smallest absolute Gasteiger partial charge is 0.326 e. The van der Waals surface area contributed by atoms with Crippen molar-refractivity contribution in [1.82, 2.24) is 10.2 Å². The Morgan fingerprint density at radius 1 is 1.38 bits per heavy atom. The summed E-state index contributed by atoms with van der Waals surface area (Å²) in [4.78, 5) is 44.4. The van der Waals surface area contributed by atoms with E-state index in [9.17, 15) is 34.2 Å². The number of aliphatic hydroxyl groups is 2. The van der Waals surface area contributed by atoms with Gasteiger partial charge in [0.15, 0.2) is 6.23 Å². The van der Waals surface area contributed by atoms with Crippen molar-refractivity contribution in [3.05, 3.63) is 0 Å². The minimum absolute atomic E-state index is 0.00803. The number of carbonyl (C=O) groups is 2. The molecule has 120 valence electrons. The molecule has 2 aliphatic rings. The number of nitrogens with one attached hydrogen (secondary N) is 1. The van der Waals surface area contributed by atoms with E-state index in [0.717, 1.165) is 4.90 Å². The normalized spacial score (nSPS) is 34.2. The Labute approximate surface area is 118 Å². The molecule has 2 saturated heterocycles. The van der Waals surface area contributed by atoms with Crippen molar-refractivity contribution in [2.24, 2.45) is 0 Å². The van der Waals surface area contributed by atoms with E-state index < -0.39 is 50.9 Å². The lowest BCUT2D eigenvalue weighted by Gasteiger charge is -2.33. The number of phosphoric ester groups is 1. The molecule has 0 radical (unpaired) electrons. The van der Waals surface area contributed by atoms with Gasteiger partial charge >= 0.3 is 6.03 Å². The Balaban J connectivity index is 2.01. The summed E-state index contributed by atoms with van der Waals surface area (Å²) in [5, 5.41) is 21.6. The standard InChI is InChI=1S/C9H15N2O9P/c12-5-1-2-11(9(15)10-5)8-7(14)6(13)4(20-8)3-19-21(16,17)18/h4,6-8,13-14H,1-3H2,(H,10,12,15)(H2,16,17,18)/p-2/t4-,6-,7-,8-/m1/s1. The van der Waals surface area contributed by atoms with Crippen LogP contribution in [0.1, 0.15) is 6.42 Å². The second-order valence-corrected chi connectivity index (χ2v) is 5.74. The molecule has 0 aromatic rings. The molecule has 11 nitrogen and oxygen atoms in total. The lowest BCUT2D eigenvalue weighted by molar-refractivity contribution is -0.343. The van der Waals surface area contributed by atoms with Gasteiger partial charge in [0.05, 0.1) is 14.4 Å². The number of rotatable bonds is 4. The molecule has 2 heterocycles. The van der Waals surface area contributed by atoms with Gasteiger partial charge in [-0.15, -0.1) is 0 Å². The summed E-state index contributed by atoms with van der Waals surface area (Å²) in [6.45, 7) is -0.818. The topological polar surface area (TPSA) is 172 Å². The second kappa shape index (κ2) is 5.97. The van der Waals surface area contributed by atoms with E-state index in [1.54, 1.807) is 0 Å². The summed E-state index contributed by atoms with van der Waals surface area (Å²) in [7, 11) is -5.25. The van der Waals surface area contributed by atoms with Crippen molar-refractivity contribution >= 4 is 19.8 Å². The SMILES string of the molecule is O=C1CCN([C@@H]2O[C@H](COP(=O)([O-])[O-])[C@@H](O)[C@H]2O)C(=O)N1. The van der Waals surface area contributed by atoms with Crippen molar-refractivity contribution in [1.29, 1.82) is 0 Å². The van der Waals surface area contributed by atoms with E-state index in [2.05, 4.69) is 4.52 Å². The molecule has 21 heavy (non-hydrogen) atoms. The maximum Gasteiger partial charge on any atom is 0.326 e. The molecule has 3 N–H and O–H groups in total. The summed E-state index contributed by atoms with van der Waals surface area (Å²) in [5.41, 5.74) is 0. The van der Waals surface area contributed by atoms with Crippen molar-refractivity contribution in [3.63, 3.8) is 0 Å². The van der Waals surface area contributed by atoms with Crippen LogP contribution < -0.4 is 15.1 Å². The molecule has 0 aliphatic carbocycles. The number of nitrogens with zero attached hydrogens (tertiary/aromatic N) is 1. The highest BCUT2D eigenvalue weighted by Crippen LogP contribution is 2.30. The third-order valence-corrected chi connectivity index (χ3v) is 3.59. The number of imide groups is 1. The molecule has 12 heteroatoms. The highest BCUT2D eigenvalue weighted by Gasteiger charge is 2.47. The van der Waals surface area contributed by atoms with Crippen LogP contribution >= 0.6 is 7.82 Å². The van der Waals surface area contributed by atoms with Crippen LogP contribution in [0.15, 0.2) is 0 Å². The minimum atomic E-state index is -5.25.